The highest BCUT2D eigenvalue weighted by molar-refractivity contribution is 5.85. The van der Waals surface area contributed by atoms with Crippen LogP contribution >= 0.6 is 0 Å². The van der Waals surface area contributed by atoms with Crippen LogP contribution in [0, 0.1) is 0 Å². The van der Waals surface area contributed by atoms with E-state index in [1.807, 2.05) is 26.8 Å². The lowest BCUT2D eigenvalue weighted by atomic mass is 10.1. The fraction of sp³-hybridized carbons (Fsp3) is 0.611. The molecule has 126 valence electrons. The Hall–Kier alpha value is -1.59. The number of fused-ring (bicyclic) bond motifs is 1. The first kappa shape index (κ1) is 16.3. The van der Waals surface area contributed by atoms with Crippen molar-refractivity contribution in [2.45, 2.75) is 57.7 Å². The fourth-order valence-corrected chi connectivity index (χ4v) is 3.37. The Morgan fingerprint density at radius 3 is 2.83 bits per heavy atom. The first-order chi connectivity index (χ1) is 10.9. The van der Waals surface area contributed by atoms with Gasteiger partial charge >= 0.3 is 6.09 Å². The lowest BCUT2D eigenvalue weighted by Gasteiger charge is -2.20. The number of hydrogen-bond acceptors (Lipinski definition) is 4. The van der Waals surface area contributed by atoms with Crippen molar-refractivity contribution in [1.82, 2.24) is 10.6 Å². The first-order valence-electron chi connectivity index (χ1n) is 8.50. The van der Waals surface area contributed by atoms with Gasteiger partial charge in [-0.2, -0.15) is 0 Å². The molecular formula is C18H27N3O2. The van der Waals surface area contributed by atoms with E-state index in [0.29, 0.717) is 12.1 Å². The van der Waals surface area contributed by atoms with Crippen LogP contribution in [0.5, 0.6) is 0 Å². The monoisotopic (exact) mass is 317 g/mol. The van der Waals surface area contributed by atoms with E-state index in [-0.39, 0.29) is 0 Å². The molecule has 1 aromatic carbocycles. The highest BCUT2D eigenvalue weighted by Gasteiger charge is 2.26. The summed E-state index contributed by atoms with van der Waals surface area (Å²) in [5.41, 5.74) is 3.01. The van der Waals surface area contributed by atoms with E-state index < -0.39 is 11.7 Å². The second-order valence-electron chi connectivity index (χ2n) is 7.49. The van der Waals surface area contributed by atoms with Crippen LogP contribution in [0.15, 0.2) is 18.2 Å². The maximum atomic E-state index is 11.9. The summed E-state index contributed by atoms with van der Waals surface area (Å²) in [6, 6.07) is 7.19. The summed E-state index contributed by atoms with van der Waals surface area (Å²) in [6.45, 7) is 7.76. The predicted octanol–water partition coefficient (Wildman–Crippen LogP) is 2.97. The number of ether oxygens (including phenoxy) is 1. The molecule has 1 saturated heterocycles. The summed E-state index contributed by atoms with van der Waals surface area (Å²) in [7, 11) is 0. The van der Waals surface area contributed by atoms with Crippen molar-refractivity contribution in [1.29, 1.82) is 0 Å². The summed E-state index contributed by atoms with van der Waals surface area (Å²) in [5, 5.41) is 9.97. The number of rotatable bonds is 3. The van der Waals surface area contributed by atoms with Gasteiger partial charge in [0, 0.05) is 24.3 Å². The number of amides is 1. The Kier molecular flexibility index (Phi) is 4.60. The van der Waals surface area contributed by atoms with E-state index in [1.165, 1.54) is 17.5 Å². The van der Waals surface area contributed by atoms with E-state index in [0.717, 1.165) is 31.6 Å². The second-order valence-corrected chi connectivity index (χ2v) is 7.49. The minimum Gasteiger partial charge on any atom is -0.444 e. The van der Waals surface area contributed by atoms with Crippen LogP contribution in [0.3, 0.4) is 0 Å². The summed E-state index contributed by atoms with van der Waals surface area (Å²) >= 11 is 0. The molecule has 1 aromatic rings. The number of carbonyl (C=O) groups excluding carboxylic acids is 1. The van der Waals surface area contributed by atoms with E-state index >= 15 is 0 Å². The molecule has 0 spiro atoms. The molecule has 1 amide bonds. The van der Waals surface area contributed by atoms with Crippen LogP contribution in [0.2, 0.25) is 0 Å². The summed E-state index contributed by atoms with van der Waals surface area (Å²) in [4.78, 5) is 11.9. The Morgan fingerprint density at radius 2 is 2.13 bits per heavy atom. The van der Waals surface area contributed by atoms with Crippen molar-refractivity contribution >= 4 is 11.8 Å². The maximum absolute atomic E-state index is 11.9. The molecule has 1 aliphatic carbocycles. The van der Waals surface area contributed by atoms with Gasteiger partial charge < -0.3 is 15.4 Å². The molecule has 0 aromatic heterocycles. The number of aryl methyl sites for hydroxylation is 1. The molecule has 1 fully saturated rings. The van der Waals surface area contributed by atoms with Crippen LogP contribution in [0.1, 0.15) is 50.8 Å². The zero-order chi connectivity index (χ0) is 16.4. The zero-order valence-corrected chi connectivity index (χ0v) is 14.2. The molecular weight excluding hydrogens is 290 g/mol. The number of hydrogen-bond donors (Lipinski definition) is 3. The molecule has 1 heterocycles. The number of anilines is 1. The van der Waals surface area contributed by atoms with Gasteiger partial charge in [0.05, 0.1) is 0 Å². The fourth-order valence-electron chi connectivity index (χ4n) is 3.37. The van der Waals surface area contributed by atoms with E-state index in [1.54, 1.807) is 0 Å². The van der Waals surface area contributed by atoms with Crippen molar-refractivity contribution in [3.8, 4) is 0 Å². The standard InChI is InChI=1S/C18H27N3O2/c1-18(2,3)23-17(22)21-13-5-6-15-12(10-13)4-7-16(15)20-14-8-9-19-11-14/h5-6,10,14,16,19-20H,4,7-9,11H2,1-3H3,(H,21,22). The average molecular weight is 317 g/mol. The molecule has 1 aliphatic heterocycles. The summed E-state index contributed by atoms with van der Waals surface area (Å²) in [5.74, 6) is 0. The number of benzene rings is 1. The van der Waals surface area contributed by atoms with Gasteiger partial charge in [0.15, 0.2) is 0 Å². The van der Waals surface area contributed by atoms with Crippen LogP contribution < -0.4 is 16.0 Å². The minimum atomic E-state index is -0.481. The Bertz CT molecular complexity index is 574. The minimum absolute atomic E-state index is 0.401. The third-order valence-electron chi connectivity index (χ3n) is 4.36. The first-order valence-corrected chi connectivity index (χ1v) is 8.50. The van der Waals surface area contributed by atoms with Gasteiger partial charge in [-0.15, -0.1) is 0 Å². The molecule has 0 radical (unpaired) electrons. The molecule has 2 aliphatic rings. The molecule has 23 heavy (non-hydrogen) atoms. The average Bonchev–Trinajstić information content (AvgIpc) is 3.07. The molecule has 3 N–H and O–H groups in total. The predicted molar refractivity (Wildman–Crippen MR) is 91.8 cm³/mol. The normalized spacial score (nSPS) is 23.6. The smallest absolute Gasteiger partial charge is 0.412 e. The number of nitrogens with one attached hydrogen (secondary N) is 3. The van der Waals surface area contributed by atoms with E-state index in [4.69, 9.17) is 4.74 Å². The van der Waals surface area contributed by atoms with Gasteiger partial charge in [0.25, 0.3) is 0 Å². The van der Waals surface area contributed by atoms with Crippen molar-refractivity contribution in [3.63, 3.8) is 0 Å². The summed E-state index contributed by atoms with van der Waals surface area (Å²) < 4.78 is 5.30. The van der Waals surface area contributed by atoms with Gasteiger partial charge in [-0.3, -0.25) is 5.32 Å². The lowest BCUT2D eigenvalue weighted by molar-refractivity contribution is 0.0636. The Morgan fingerprint density at radius 1 is 1.30 bits per heavy atom. The third kappa shape index (κ3) is 4.24. The molecule has 0 bridgehead atoms. The number of carbonyl (C=O) groups is 1. The maximum Gasteiger partial charge on any atom is 0.412 e. The van der Waals surface area contributed by atoms with Crippen molar-refractivity contribution < 1.29 is 9.53 Å². The van der Waals surface area contributed by atoms with Crippen molar-refractivity contribution in [2.75, 3.05) is 18.4 Å². The van der Waals surface area contributed by atoms with Crippen molar-refractivity contribution in [3.05, 3.63) is 29.3 Å². The van der Waals surface area contributed by atoms with E-state index in [9.17, 15) is 4.79 Å². The van der Waals surface area contributed by atoms with Crippen LogP contribution in [-0.4, -0.2) is 30.8 Å². The van der Waals surface area contributed by atoms with Gasteiger partial charge in [-0.25, -0.2) is 4.79 Å². The van der Waals surface area contributed by atoms with Gasteiger partial charge in [0.2, 0.25) is 0 Å². The van der Waals surface area contributed by atoms with Crippen molar-refractivity contribution in [2.24, 2.45) is 0 Å². The Labute approximate surface area is 138 Å². The lowest BCUT2D eigenvalue weighted by Crippen LogP contribution is -2.33. The summed E-state index contributed by atoms with van der Waals surface area (Å²) in [6.07, 6.45) is 2.98. The topological polar surface area (TPSA) is 62.4 Å². The van der Waals surface area contributed by atoms with Crippen LogP contribution in [0.4, 0.5) is 10.5 Å². The van der Waals surface area contributed by atoms with Gasteiger partial charge in [-0.1, -0.05) is 6.07 Å². The quantitative estimate of drug-likeness (QED) is 0.802. The van der Waals surface area contributed by atoms with Crippen LogP contribution in [0.25, 0.3) is 0 Å². The van der Waals surface area contributed by atoms with Gasteiger partial charge in [-0.05, 0) is 69.8 Å². The highest BCUT2D eigenvalue weighted by Crippen LogP contribution is 2.33. The molecule has 2 unspecified atom stereocenters. The van der Waals surface area contributed by atoms with Gasteiger partial charge in [0.1, 0.15) is 5.60 Å². The SMILES string of the molecule is CC(C)(C)OC(=O)Nc1ccc2c(c1)CCC2NC1CCNC1. The highest BCUT2D eigenvalue weighted by atomic mass is 16.6. The zero-order valence-electron chi connectivity index (χ0n) is 14.2. The molecule has 5 nitrogen and oxygen atoms in total. The third-order valence-corrected chi connectivity index (χ3v) is 4.36. The molecule has 3 rings (SSSR count). The largest absolute Gasteiger partial charge is 0.444 e. The Balaban J connectivity index is 1.63. The molecule has 0 saturated carbocycles. The van der Waals surface area contributed by atoms with Crippen LogP contribution in [-0.2, 0) is 11.2 Å². The molecule has 2 atom stereocenters. The second kappa shape index (κ2) is 6.49. The van der Waals surface area contributed by atoms with E-state index in [2.05, 4.69) is 28.1 Å². The molecule has 5 heteroatoms.